The molecule has 0 unspecified atom stereocenters. The number of carboxylic acids is 1. The fourth-order valence-electron chi connectivity index (χ4n) is 1.60. The standard InChI is InChI=1S/C11H15F3N2O3S/c1-3-4-16(6-11(12,13)14)10-15-7(5-19-2)8(20-10)9(17)18/h3-6H2,1-2H3,(H,17,18). The van der Waals surface area contributed by atoms with Crippen molar-refractivity contribution in [1.82, 2.24) is 4.98 Å². The van der Waals surface area contributed by atoms with E-state index in [-0.39, 0.29) is 28.9 Å². The largest absolute Gasteiger partial charge is 0.477 e. The van der Waals surface area contributed by atoms with Crippen molar-refractivity contribution in [2.45, 2.75) is 26.1 Å². The monoisotopic (exact) mass is 312 g/mol. The van der Waals surface area contributed by atoms with Crippen LogP contribution in [0, 0.1) is 0 Å². The SMILES string of the molecule is CCCN(CC(F)(F)F)c1nc(COC)c(C(=O)O)s1. The van der Waals surface area contributed by atoms with Crippen LogP contribution in [-0.4, -0.2) is 42.4 Å². The molecule has 1 aromatic heterocycles. The second-order valence-corrected chi connectivity index (χ2v) is 5.02. The number of thiazole rings is 1. The number of hydrogen-bond acceptors (Lipinski definition) is 5. The van der Waals surface area contributed by atoms with Gasteiger partial charge in [0.2, 0.25) is 0 Å². The molecule has 20 heavy (non-hydrogen) atoms. The van der Waals surface area contributed by atoms with E-state index in [1.807, 2.05) is 0 Å². The molecular weight excluding hydrogens is 297 g/mol. The molecule has 1 N–H and O–H groups in total. The van der Waals surface area contributed by atoms with E-state index in [0.717, 1.165) is 16.2 Å². The number of ether oxygens (including phenoxy) is 1. The van der Waals surface area contributed by atoms with Crippen LogP contribution < -0.4 is 4.90 Å². The Labute approximate surface area is 118 Å². The molecular formula is C11H15F3N2O3S. The van der Waals surface area contributed by atoms with Crippen LogP contribution >= 0.6 is 11.3 Å². The summed E-state index contributed by atoms with van der Waals surface area (Å²) in [5.41, 5.74) is 0.142. The minimum absolute atomic E-state index is 0.0497. The van der Waals surface area contributed by atoms with Gasteiger partial charge in [0.1, 0.15) is 11.4 Å². The van der Waals surface area contributed by atoms with Crippen LogP contribution in [0.15, 0.2) is 0 Å². The van der Waals surface area contributed by atoms with E-state index < -0.39 is 18.7 Å². The number of anilines is 1. The fourth-order valence-corrected chi connectivity index (χ4v) is 2.54. The summed E-state index contributed by atoms with van der Waals surface area (Å²) in [4.78, 5) is 16.0. The number of carboxylic acid groups (broad SMARTS) is 1. The average Bonchev–Trinajstić information content (AvgIpc) is 2.71. The van der Waals surface area contributed by atoms with Gasteiger partial charge in [-0.2, -0.15) is 13.2 Å². The number of halogens is 3. The summed E-state index contributed by atoms with van der Waals surface area (Å²) in [6.07, 6.45) is -3.87. The first-order valence-corrected chi connectivity index (χ1v) is 6.63. The zero-order valence-corrected chi connectivity index (χ0v) is 11.8. The first kappa shape index (κ1) is 16.7. The highest BCUT2D eigenvalue weighted by Gasteiger charge is 2.32. The van der Waals surface area contributed by atoms with Crippen LogP contribution in [-0.2, 0) is 11.3 Å². The second kappa shape index (κ2) is 6.89. The molecule has 0 saturated heterocycles. The molecule has 5 nitrogen and oxygen atoms in total. The number of aromatic carboxylic acids is 1. The summed E-state index contributed by atoms with van der Waals surface area (Å²) in [6, 6.07) is 0. The Kier molecular flexibility index (Phi) is 5.75. The van der Waals surface area contributed by atoms with Gasteiger partial charge in [0.25, 0.3) is 0 Å². The van der Waals surface area contributed by atoms with E-state index in [9.17, 15) is 18.0 Å². The molecule has 0 radical (unpaired) electrons. The fraction of sp³-hybridized carbons (Fsp3) is 0.636. The van der Waals surface area contributed by atoms with E-state index in [1.54, 1.807) is 6.92 Å². The molecule has 1 aromatic rings. The summed E-state index contributed by atoms with van der Waals surface area (Å²) >= 11 is 0.732. The highest BCUT2D eigenvalue weighted by Crippen LogP contribution is 2.29. The van der Waals surface area contributed by atoms with E-state index in [1.165, 1.54) is 7.11 Å². The summed E-state index contributed by atoms with van der Waals surface area (Å²) in [7, 11) is 1.37. The molecule has 1 rings (SSSR count). The van der Waals surface area contributed by atoms with Crippen LogP contribution in [0.4, 0.5) is 18.3 Å². The number of rotatable bonds is 7. The molecule has 0 bridgehead atoms. The summed E-state index contributed by atoms with van der Waals surface area (Å²) in [6.45, 7) is 0.688. The Balaban J connectivity index is 3.07. The molecule has 0 aromatic carbocycles. The first-order valence-electron chi connectivity index (χ1n) is 5.82. The van der Waals surface area contributed by atoms with Crippen LogP contribution in [0.1, 0.15) is 28.7 Å². The number of aromatic nitrogens is 1. The normalized spacial score (nSPS) is 11.7. The number of hydrogen-bond donors (Lipinski definition) is 1. The molecule has 0 fully saturated rings. The molecule has 0 aliphatic carbocycles. The van der Waals surface area contributed by atoms with E-state index in [0.29, 0.717) is 6.42 Å². The van der Waals surface area contributed by atoms with Crippen molar-refractivity contribution in [3.8, 4) is 0 Å². The van der Waals surface area contributed by atoms with Gasteiger partial charge in [0, 0.05) is 13.7 Å². The molecule has 0 spiro atoms. The minimum Gasteiger partial charge on any atom is -0.477 e. The van der Waals surface area contributed by atoms with Crippen LogP contribution in [0.25, 0.3) is 0 Å². The Morgan fingerprint density at radius 1 is 1.50 bits per heavy atom. The lowest BCUT2D eigenvalue weighted by molar-refractivity contribution is -0.119. The van der Waals surface area contributed by atoms with Crippen molar-refractivity contribution < 1.29 is 27.8 Å². The number of alkyl halides is 3. The molecule has 0 amide bonds. The molecule has 1 heterocycles. The third kappa shape index (κ3) is 4.64. The summed E-state index contributed by atoms with van der Waals surface area (Å²) in [5.74, 6) is -1.22. The summed E-state index contributed by atoms with van der Waals surface area (Å²) in [5, 5.41) is 9.07. The lowest BCUT2D eigenvalue weighted by Crippen LogP contribution is -2.34. The maximum atomic E-state index is 12.5. The highest BCUT2D eigenvalue weighted by molar-refractivity contribution is 7.17. The zero-order chi connectivity index (χ0) is 15.3. The molecule has 0 saturated carbocycles. The van der Waals surface area contributed by atoms with Crippen LogP contribution in [0.2, 0.25) is 0 Å². The smallest absolute Gasteiger partial charge is 0.406 e. The van der Waals surface area contributed by atoms with Crippen molar-refractivity contribution in [1.29, 1.82) is 0 Å². The average molecular weight is 312 g/mol. The van der Waals surface area contributed by atoms with Crippen molar-refractivity contribution in [2.75, 3.05) is 25.1 Å². The van der Waals surface area contributed by atoms with Gasteiger partial charge in [-0.05, 0) is 6.42 Å². The maximum absolute atomic E-state index is 12.5. The summed E-state index contributed by atoms with van der Waals surface area (Å²) < 4.78 is 42.4. The lowest BCUT2D eigenvalue weighted by Gasteiger charge is -2.22. The zero-order valence-electron chi connectivity index (χ0n) is 11.0. The van der Waals surface area contributed by atoms with Crippen molar-refractivity contribution in [2.24, 2.45) is 0 Å². The number of nitrogens with zero attached hydrogens (tertiary/aromatic N) is 2. The third-order valence-electron chi connectivity index (χ3n) is 2.30. The number of carbonyl (C=O) groups is 1. The van der Waals surface area contributed by atoms with Gasteiger partial charge in [-0.3, -0.25) is 0 Å². The molecule has 114 valence electrons. The van der Waals surface area contributed by atoms with Crippen molar-refractivity contribution in [3.63, 3.8) is 0 Å². The van der Waals surface area contributed by atoms with Crippen molar-refractivity contribution in [3.05, 3.63) is 10.6 Å². The van der Waals surface area contributed by atoms with Crippen LogP contribution in [0.5, 0.6) is 0 Å². The predicted octanol–water partition coefficient (Wildman–Crippen LogP) is 2.77. The minimum atomic E-state index is -4.37. The Bertz CT molecular complexity index is 462. The van der Waals surface area contributed by atoms with E-state index in [2.05, 4.69) is 4.98 Å². The van der Waals surface area contributed by atoms with Gasteiger partial charge < -0.3 is 14.7 Å². The van der Waals surface area contributed by atoms with Crippen LogP contribution in [0.3, 0.4) is 0 Å². The topological polar surface area (TPSA) is 62.7 Å². The van der Waals surface area contributed by atoms with E-state index in [4.69, 9.17) is 9.84 Å². The third-order valence-corrected chi connectivity index (χ3v) is 3.44. The van der Waals surface area contributed by atoms with Gasteiger partial charge in [-0.1, -0.05) is 18.3 Å². The Morgan fingerprint density at radius 3 is 2.60 bits per heavy atom. The first-order chi connectivity index (χ1) is 9.28. The van der Waals surface area contributed by atoms with Crippen molar-refractivity contribution >= 4 is 22.4 Å². The quantitative estimate of drug-likeness (QED) is 0.839. The molecule has 9 heteroatoms. The molecule has 0 atom stereocenters. The second-order valence-electron chi connectivity index (χ2n) is 4.05. The van der Waals surface area contributed by atoms with E-state index >= 15 is 0 Å². The van der Waals surface area contributed by atoms with Gasteiger partial charge in [-0.15, -0.1) is 0 Å². The van der Waals surface area contributed by atoms with Gasteiger partial charge in [-0.25, -0.2) is 9.78 Å². The lowest BCUT2D eigenvalue weighted by atomic mass is 10.4. The molecule has 0 aliphatic rings. The van der Waals surface area contributed by atoms with Gasteiger partial charge in [0.15, 0.2) is 5.13 Å². The van der Waals surface area contributed by atoms with Gasteiger partial charge in [0.05, 0.1) is 12.3 Å². The van der Waals surface area contributed by atoms with Gasteiger partial charge >= 0.3 is 12.1 Å². The predicted molar refractivity (Wildman–Crippen MR) is 68.3 cm³/mol. The number of methoxy groups -OCH3 is 1. The highest BCUT2D eigenvalue weighted by atomic mass is 32.1. The Morgan fingerprint density at radius 2 is 2.15 bits per heavy atom. The molecule has 0 aliphatic heterocycles. The maximum Gasteiger partial charge on any atom is 0.406 e. The Hall–Kier alpha value is -1.35.